The molecule has 2 rings (SSSR count). The van der Waals surface area contributed by atoms with Crippen molar-refractivity contribution in [3.05, 3.63) is 0 Å². The number of hydrogen-bond donors (Lipinski definition) is 1. The van der Waals surface area contributed by atoms with Gasteiger partial charge in [0.15, 0.2) is 0 Å². The highest BCUT2D eigenvalue weighted by Crippen LogP contribution is 2.44. The number of hydrogen-bond acceptors (Lipinski definition) is 2. The summed E-state index contributed by atoms with van der Waals surface area (Å²) in [6.45, 7) is 4.01. The average Bonchev–Trinajstić information content (AvgIpc) is 2.44. The Labute approximate surface area is 61.2 Å². The van der Waals surface area contributed by atoms with Crippen LogP contribution in [0.25, 0.3) is 0 Å². The first kappa shape index (κ1) is 6.62. The van der Waals surface area contributed by atoms with Crippen LogP contribution < -0.4 is 0 Å². The Bertz CT molecular complexity index is 153. The molecule has 0 aromatic carbocycles. The predicted octanol–water partition coefficient (Wildman–Crippen LogP) is 0.935. The molecule has 1 saturated heterocycles. The molecule has 2 fully saturated rings. The van der Waals surface area contributed by atoms with Crippen LogP contribution in [0.4, 0.5) is 0 Å². The summed E-state index contributed by atoms with van der Waals surface area (Å²) in [6, 6.07) is 0. The fourth-order valence-corrected chi connectivity index (χ4v) is 1.78. The second kappa shape index (κ2) is 1.74. The highest BCUT2D eigenvalue weighted by molar-refractivity contribution is 5.00. The van der Waals surface area contributed by atoms with Gasteiger partial charge in [0.25, 0.3) is 0 Å². The molecule has 1 aliphatic heterocycles. The molecule has 58 valence electrons. The predicted molar refractivity (Wildman–Crippen MR) is 37.7 cm³/mol. The average molecular weight is 142 g/mol. The highest BCUT2D eigenvalue weighted by atomic mass is 16.6. The summed E-state index contributed by atoms with van der Waals surface area (Å²) in [5.74, 6) is 0.399. The summed E-state index contributed by atoms with van der Waals surface area (Å²) in [5.41, 5.74) is -0.475. The third-order valence-corrected chi connectivity index (χ3v) is 2.95. The third kappa shape index (κ3) is 0.867. The molecule has 0 aromatic rings. The Morgan fingerprint density at radius 3 is 2.80 bits per heavy atom. The molecular weight excluding hydrogens is 128 g/mol. The molecule has 1 heterocycles. The number of aliphatic hydroxyl groups is 1. The van der Waals surface area contributed by atoms with Gasteiger partial charge in [0.1, 0.15) is 0 Å². The molecule has 0 aromatic heterocycles. The molecular formula is C8H14O2. The molecule has 0 bridgehead atoms. The smallest absolute Gasteiger partial charge is 0.0869 e. The van der Waals surface area contributed by atoms with Crippen molar-refractivity contribution in [2.24, 2.45) is 5.92 Å². The summed E-state index contributed by atoms with van der Waals surface area (Å²) in [4.78, 5) is 0. The first-order chi connectivity index (χ1) is 4.59. The van der Waals surface area contributed by atoms with Gasteiger partial charge in [-0.3, -0.25) is 0 Å². The van der Waals surface area contributed by atoms with Crippen LogP contribution in [-0.2, 0) is 4.74 Å². The quantitative estimate of drug-likeness (QED) is 0.510. The summed E-state index contributed by atoms with van der Waals surface area (Å²) < 4.78 is 5.32. The lowest BCUT2D eigenvalue weighted by Crippen LogP contribution is -2.38. The van der Waals surface area contributed by atoms with Gasteiger partial charge < -0.3 is 9.84 Å². The van der Waals surface area contributed by atoms with E-state index in [4.69, 9.17) is 4.74 Å². The van der Waals surface area contributed by atoms with Crippen molar-refractivity contribution in [2.75, 3.05) is 0 Å². The number of fused-ring (bicyclic) bond motifs is 1. The molecule has 4 unspecified atom stereocenters. The molecule has 10 heavy (non-hydrogen) atoms. The third-order valence-electron chi connectivity index (χ3n) is 2.95. The van der Waals surface area contributed by atoms with E-state index in [2.05, 4.69) is 6.92 Å². The fourth-order valence-electron chi connectivity index (χ4n) is 1.78. The zero-order chi connectivity index (χ0) is 7.35. The van der Waals surface area contributed by atoms with Crippen LogP contribution in [0, 0.1) is 5.92 Å². The fraction of sp³-hybridized carbons (Fsp3) is 1.00. The van der Waals surface area contributed by atoms with E-state index in [1.165, 1.54) is 0 Å². The Hall–Kier alpha value is -0.0800. The van der Waals surface area contributed by atoms with E-state index in [1.54, 1.807) is 0 Å². The second-order valence-corrected chi connectivity index (χ2v) is 3.91. The van der Waals surface area contributed by atoms with E-state index in [1.807, 2.05) is 6.92 Å². The maximum Gasteiger partial charge on any atom is 0.0869 e. The minimum atomic E-state index is -0.475. The minimum Gasteiger partial charge on any atom is -0.390 e. The molecule has 4 atom stereocenters. The van der Waals surface area contributed by atoms with Gasteiger partial charge >= 0.3 is 0 Å². The molecule has 1 saturated carbocycles. The van der Waals surface area contributed by atoms with Crippen LogP contribution in [0.2, 0.25) is 0 Å². The lowest BCUT2D eigenvalue weighted by atomic mass is 9.78. The van der Waals surface area contributed by atoms with Gasteiger partial charge in [0.05, 0.1) is 17.8 Å². The van der Waals surface area contributed by atoms with Crippen LogP contribution in [0.5, 0.6) is 0 Å². The minimum absolute atomic E-state index is 0.381. The van der Waals surface area contributed by atoms with E-state index < -0.39 is 5.60 Å². The van der Waals surface area contributed by atoms with Gasteiger partial charge in [0.2, 0.25) is 0 Å². The normalized spacial score (nSPS) is 59.7. The van der Waals surface area contributed by atoms with Gasteiger partial charge in [-0.05, 0) is 19.3 Å². The first-order valence-electron chi connectivity index (χ1n) is 3.97. The van der Waals surface area contributed by atoms with E-state index in [-0.39, 0.29) is 0 Å². The van der Waals surface area contributed by atoms with Crippen molar-refractivity contribution >= 4 is 0 Å². The molecule has 2 aliphatic rings. The van der Waals surface area contributed by atoms with E-state index in [0.29, 0.717) is 18.1 Å². The second-order valence-electron chi connectivity index (χ2n) is 3.91. The molecule has 1 N–H and O–H groups in total. The maximum absolute atomic E-state index is 9.76. The number of ether oxygens (including phenoxy) is 1. The first-order valence-corrected chi connectivity index (χ1v) is 3.97. The van der Waals surface area contributed by atoms with Gasteiger partial charge in [0, 0.05) is 6.42 Å². The Morgan fingerprint density at radius 1 is 1.50 bits per heavy atom. The van der Waals surface area contributed by atoms with E-state index in [0.717, 1.165) is 12.8 Å². The van der Waals surface area contributed by atoms with Crippen LogP contribution in [-0.4, -0.2) is 22.9 Å². The summed E-state index contributed by atoms with van der Waals surface area (Å²) in [5, 5.41) is 9.76. The van der Waals surface area contributed by atoms with Gasteiger partial charge in [-0.25, -0.2) is 0 Å². The van der Waals surface area contributed by atoms with Crippen molar-refractivity contribution in [3.8, 4) is 0 Å². The Kier molecular flexibility index (Phi) is 1.15. The zero-order valence-electron chi connectivity index (χ0n) is 6.50. The molecule has 0 radical (unpaired) electrons. The van der Waals surface area contributed by atoms with Crippen LogP contribution in [0.1, 0.15) is 26.7 Å². The molecule has 2 nitrogen and oxygen atoms in total. The monoisotopic (exact) mass is 142 g/mol. The zero-order valence-corrected chi connectivity index (χ0v) is 6.50. The maximum atomic E-state index is 9.76. The van der Waals surface area contributed by atoms with Crippen LogP contribution >= 0.6 is 0 Å². The summed E-state index contributed by atoms with van der Waals surface area (Å²) in [7, 11) is 0. The van der Waals surface area contributed by atoms with E-state index in [9.17, 15) is 5.11 Å². The van der Waals surface area contributed by atoms with Crippen LogP contribution in [0.15, 0.2) is 0 Å². The molecule has 1 aliphatic carbocycles. The van der Waals surface area contributed by atoms with Crippen molar-refractivity contribution in [2.45, 2.75) is 44.5 Å². The topological polar surface area (TPSA) is 32.8 Å². The van der Waals surface area contributed by atoms with Gasteiger partial charge in [-0.15, -0.1) is 0 Å². The van der Waals surface area contributed by atoms with Crippen LogP contribution in [0.3, 0.4) is 0 Å². The lowest BCUT2D eigenvalue weighted by molar-refractivity contribution is -0.0158. The SMILES string of the molecule is CC1CC2OC2CC1(C)O. The standard InChI is InChI=1S/C8H14O2/c1-5-3-6-7(10-6)4-8(5,2)9/h5-7,9H,3-4H2,1-2H3. The number of rotatable bonds is 0. The van der Waals surface area contributed by atoms with Crippen molar-refractivity contribution in [3.63, 3.8) is 0 Å². The van der Waals surface area contributed by atoms with Crippen molar-refractivity contribution in [1.29, 1.82) is 0 Å². The molecule has 2 heteroatoms. The molecule has 0 spiro atoms. The number of epoxide rings is 1. The van der Waals surface area contributed by atoms with Gasteiger partial charge in [-0.1, -0.05) is 6.92 Å². The molecule has 0 amide bonds. The van der Waals surface area contributed by atoms with Crippen molar-refractivity contribution < 1.29 is 9.84 Å². The Morgan fingerprint density at radius 2 is 2.20 bits per heavy atom. The Balaban J connectivity index is 2.08. The highest BCUT2D eigenvalue weighted by Gasteiger charge is 2.51. The summed E-state index contributed by atoms with van der Waals surface area (Å²) >= 11 is 0. The lowest BCUT2D eigenvalue weighted by Gasteiger charge is -2.32. The van der Waals surface area contributed by atoms with Crippen molar-refractivity contribution in [1.82, 2.24) is 0 Å². The summed E-state index contributed by atoms with van der Waals surface area (Å²) in [6.07, 6.45) is 2.73. The van der Waals surface area contributed by atoms with Gasteiger partial charge in [-0.2, -0.15) is 0 Å². The largest absolute Gasteiger partial charge is 0.390 e. The van der Waals surface area contributed by atoms with E-state index >= 15 is 0 Å².